The van der Waals surface area contributed by atoms with E-state index in [-0.39, 0.29) is 11.9 Å². The Hall–Kier alpha value is -3.11. The summed E-state index contributed by atoms with van der Waals surface area (Å²) in [5.41, 5.74) is 13.5. The minimum atomic E-state index is -0.579. The van der Waals surface area contributed by atoms with Gasteiger partial charge in [-0.15, -0.1) is 0 Å². The zero-order chi connectivity index (χ0) is 22.7. The molecule has 0 spiro atoms. The molecule has 0 radical (unpaired) electrons. The number of para-hydroxylation sites is 1. The maximum absolute atomic E-state index is 13.0. The molecule has 3 N–H and O–H groups in total. The van der Waals surface area contributed by atoms with Crippen molar-refractivity contribution in [2.45, 2.75) is 58.5 Å². The molecule has 0 bridgehead atoms. The maximum atomic E-state index is 13.0. The van der Waals surface area contributed by atoms with Crippen LogP contribution in [0.25, 0.3) is 0 Å². The Morgan fingerprint density at radius 1 is 1.03 bits per heavy atom. The van der Waals surface area contributed by atoms with Crippen LogP contribution in [-0.4, -0.2) is 11.9 Å². The van der Waals surface area contributed by atoms with E-state index >= 15 is 0 Å². The molecule has 4 rings (SSSR count). The van der Waals surface area contributed by atoms with Gasteiger partial charge in [0.05, 0.1) is 12.1 Å². The van der Waals surface area contributed by atoms with Crippen molar-refractivity contribution in [3.05, 3.63) is 94.0 Å². The van der Waals surface area contributed by atoms with Crippen molar-refractivity contribution in [2.24, 2.45) is 5.73 Å². The van der Waals surface area contributed by atoms with Crippen molar-refractivity contribution in [2.75, 3.05) is 0 Å². The number of carbonyl (C=O) groups excluding carboxylic acids is 1. The summed E-state index contributed by atoms with van der Waals surface area (Å²) in [6.07, 6.45) is 3.51. The molecule has 4 heteroatoms. The predicted molar refractivity (Wildman–Crippen MR) is 129 cm³/mol. The molecule has 0 fully saturated rings. The van der Waals surface area contributed by atoms with Gasteiger partial charge in [0, 0.05) is 0 Å². The second-order valence-electron chi connectivity index (χ2n) is 8.92. The van der Waals surface area contributed by atoms with Crippen LogP contribution in [0.15, 0.2) is 60.7 Å². The molecule has 1 aliphatic rings. The Labute approximate surface area is 190 Å². The largest absolute Gasteiger partial charge is 0.457 e. The van der Waals surface area contributed by atoms with Crippen LogP contribution in [0.5, 0.6) is 11.5 Å². The molecule has 0 aromatic heterocycles. The molecule has 4 nitrogen and oxygen atoms in total. The quantitative estimate of drug-likeness (QED) is 0.547. The van der Waals surface area contributed by atoms with Crippen LogP contribution >= 0.6 is 0 Å². The number of aryl methyl sites for hydroxylation is 4. The van der Waals surface area contributed by atoms with Crippen LogP contribution in [0.3, 0.4) is 0 Å². The highest BCUT2D eigenvalue weighted by Gasteiger charge is 2.25. The van der Waals surface area contributed by atoms with Gasteiger partial charge in [-0.1, -0.05) is 42.0 Å². The van der Waals surface area contributed by atoms with E-state index in [9.17, 15) is 4.79 Å². The summed E-state index contributed by atoms with van der Waals surface area (Å²) in [6.45, 7) is 6.27. The number of rotatable bonds is 6. The molecule has 166 valence electrons. The molecule has 0 aliphatic heterocycles. The molecule has 3 aromatic rings. The van der Waals surface area contributed by atoms with Crippen molar-refractivity contribution in [3.8, 4) is 11.5 Å². The number of amides is 1. The van der Waals surface area contributed by atoms with E-state index in [1.807, 2.05) is 36.4 Å². The normalized spacial score (nSPS) is 16.2. The summed E-state index contributed by atoms with van der Waals surface area (Å²) in [6, 6.07) is 19.6. The second kappa shape index (κ2) is 9.58. The fourth-order valence-corrected chi connectivity index (χ4v) is 4.74. The van der Waals surface area contributed by atoms with Gasteiger partial charge >= 0.3 is 0 Å². The zero-order valence-corrected chi connectivity index (χ0v) is 19.2. The first kappa shape index (κ1) is 22.1. The van der Waals surface area contributed by atoms with Crippen LogP contribution < -0.4 is 15.8 Å². The van der Waals surface area contributed by atoms with Crippen LogP contribution in [-0.2, 0) is 17.6 Å². The maximum Gasteiger partial charge on any atom is 0.237 e. The van der Waals surface area contributed by atoms with Crippen molar-refractivity contribution < 1.29 is 9.53 Å². The predicted octanol–water partition coefficient (Wildman–Crippen LogP) is 5.47. The van der Waals surface area contributed by atoms with E-state index in [1.54, 1.807) is 0 Å². The van der Waals surface area contributed by atoms with Gasteiger partial charge in [-0.05, 0) is 98.5 Å². The van der Waals surface area contributed by atoms with Crippen molar-refractivity contribution in [1.29, 1.82) is 0 Å². The highest BCUT2D eigenvalue weighted by atomic mass is 16.5. The monoisotopic (exact) mass is 428 g/mol. The molecule has 2 atom stereocenters. The average Bonchev–Trinajstić information content (AvgIpc) is 2.77. The molecular formula is C28H32N2O2. The van der Waals surface area contributed by atoms with E-state index in [0.717, 1.165) is 36.3 Å². The van der Waals surface area contributed by atoms with Crippen LogP contribution in [0.4, 0.5) is 0 Å². The number of hydrogen-bond acceptors (Lipinski definition) is 3. The van der Waals surface area contributed by atoms with Gasteiger partial charge in [-0.2, -0.15) is 0 Å². The minimum absolute atomic E-state index is 0.0446. The molecule has 1 amide bonds. The fraction of sp³-hybridized carbons (Fsp3) is 0.321. The second-order valence-corrected chi connectivity index (χ2v) is 8.92. The first-order valence-electron chi connectivity index (χ1n) is 11.4. The van der Waals surface area contributed by atoms with Crippen LogP contribution in [0, 0.1) is 20.8 Å². The lowest BCUT2D eigenvalue weighted by Gasteiger charge is -2.28. The molecule has 2 unspecified atom stereocenters. The first-order valence-corrected chi connectivity index (χ1v) is 11.4. The van der Waals surface area contributed by atoms with E-state index in [2.05, 4.69) is 50.4 Å². The number of carbonyl (C=O) groups is 1. The SMILES string of the molecule is Cc1cc(C)c(CC(N)C(=O)NC2CCCc3ccc(Oc4ccccc4)cc32)c(C)c1. The van der Waals surface area contributed by atoms with Gasteiger partial charge in [0.1, 0.15) is 11.5 Å². The lowest BCUT2D eigenvalue weighted by Crippen LogP contribution is -2.44. The lowest BCUT2D eigenvalue weighted by atomic mass is 9.87. The number of hydrogen-bond donors (Lipinski definition) is 2. The number of ether oxygens (including phenoxy) is 1. The third-order valence-corrected chi connectivity index (χ3v) is 6.33. The molecular weight excluding hydrogens is 396 g/mol. The smallest absolute Gasteiger partial charge is 0.237 e. The summed E-state index contributed by atoms with van der Waals surface area (Å²) in [7, 11) is 0. The van der Waals surface area contributed by atoms with E-state index in [0.29, 0.717) is 6.42 Å². The molecule has 0 saturated carbocycles. The Balaban J connectivity index is 1.48. The third-order valence-electron chi connectivity index (χ3n) is 6.33. The van der Waals surface area contributed by atoms with Gasteiger partial charge in [0.2, 0.25) is 5.91 Å². The summed E-state index contributed by atoms with van der Waals surface area (Å²) in [5, 5.41) is 3.22. The fourth-order valence-electron chi connectivity index (χ4n) is 4.74. The molecule has 3 aromatic carbocycles. The summed E-state index contributed by atoms with van der Waals surface area (Å²) in [5.74, 6) is 1.48. The Bertz CT molecular complexity index is 1080. The highest BCUT2D eigenvalue weighted by Crippen LogP contribution is 2.34. The number of benzene rings is 3. The number of nitrogens with one attached hydrogen (secondary N) is 1. The van der Waals surface area contributed by atoms with E-state index < -0.39 is 6.04 Å². The van der Waals surface area contributed by atoms with Crippen molar-refractivity contribution in [1.82, 2.24) is 5.32 Å². The lowest BCUT2D eigenvalue weighted by molar-refractivity contribution is -0.123. The Kier molecular flexibility index (Phi) is 6.61. The standard InChI is InChI=1S/C28H32N2O2/c1-18-14-19(2)24(20(3)15-18)17-26(29)28(31)30-27-11-7-8-21-12-13-23(16-25(21)27)32-22-9-5-4-6-10-22/h4-6,9-10,12-16,26-27H,7-8,11,17,29H2,1-3H3,(H,30,31). The summed E-state index contributed by atoms with van der Waals surface area (Å²) in [4.78, 5) is 13.0. The van der Waals surface area contributed by atoms with Gasteiger partial charge in [-0.3, -0.25) is 4.79 Å². The number of fused-ring (bicyclic) bond motifs is 1. The highest BCUT2D eigenvalue weighted by molar-refractivity contribution is 5.82. The van der Waals surface area contributed by atoms with Gasteiger partial charge in [0.15, 0.2) is 0 Å². The summed E-state index contributed by atoms with van der Waals surface area (Å²) >= 11 is 0. The van der Waals surface area contributed by atoms with Gasteiger partial charge < -0.3 is 15.8 Å². The Morgan fingerprint density at radius 3 is 2.47 bits per heavy atom. The van der Waals surface area contributed by atoms with Crippen molar-refractivity contribution >= 4 is 5.91 Å². The molecule has 0 heterocycles. The van der Waals surface area contributed by atoms with Gasteiger partial charge in [-0.25, -0.2) is 0 Å². The average molecular weight is 429 g/mol. The first-order chi connectivity index (χ1) is 15.4. The van der Waals surface area contributed by atoms with Crippen LogP contribution in [0.2, 0.25) is 0 Å². The minimum Gasteiger partial charge on any atom is -0.457 e. The Morgan fingerprint density at radius 2 is 1.75 bits per heavy atom. The molecule has 0 saturated heterocycles. The molecule has 1 aliphatic carbocycles. The van der Waals surface area contributed by atoms with E-state index in [4.69, 9.17) is 10.5 Å². The zero-order valence-electron chi connectivity index (χ0n) is 19.2. The van der Waals surface area contributed by atoms with Gasteiger partial charge in [0.25, 0.3) is 0 Å². The topological polar surface area (TPSA) is 64.4 Å². The van der Waals surface area contributed by atoms with E-state index in [1.165, 1.54) is 27.8 Å². The number of nitrogens with two attached hydrogens (primary N) is 1. The van der Waals surface area contributed by atoms with Crippen molar-refractivity contribution in [3.63, 3.8) is 0 Å². The molecule has 32 heavy (non-hydrogen) atoms. The third kappa shape index (κ3) is 5.03. The summed E-state index contributed by atoms with van der Waals surface area (Å²) < 4.78 is 6.02. The van der Waals surface area contributed by atoms with Crippen LogP contribution in [0.1, 0.15) is 52.3 Å².